The number of aromatic hydroxyl groups is 2. The van der Waals surface area contributed by atoms with Crippen LogP contribution >= 0.6 is 63.7 Å². The number of ketones is 1. The number of hydrogen-bond acceptors (Lipinski definition) is 3. The van der Waals surface area contributed by atoms with Gasteiger partial charge in [-0.2, -0.15) is 0 Å². The number of rotatable bonds is 2. The quantitative estimate of drug-likeness (QED) is 0.362. The minimum absolute atomic E-state index is 0.0732. The first-order valence-electron chi connectivity index (χ1n) is 7.58. The third-order valence-electron chi connectivity index (χ3n) is 4.02. The molecule has 2 aromatic carbocycles. The second kappa shape index (κ2) is 8.00. The van der Waals surface area contributed by atoms with Crippen molar-refractivity contribution >= 4 is 81.7 Å². The van der Waals surface area contributed by atoms with Crippen molar-refractivity contribution in [3.05, 3.63) is 64.4 Å². The van der Waals surface area contributed by atoms with Crippen molar-refractivity contribution in [2.75, 3.05) is 0 Å². The Morgan fingerprint density at radius 1 is 0.731 bits per heavy atom. The third kappa shape index (κ3) is 4.16. The fourth-order valence-electron chi connectivity index (χ4n) is 2.75. The average Bonchev–Trinajstić information content (AvgIpc) is 2.90. The highest BCUT2D eigenvalue weighted by Gasteiger charge is 2.24. The van der Waals surface area contributed by atoms with E-state index in [1.165, 1.54) is 0 Å². The van der Waals surface area contributed by atoms with Crippen LogP contribution in [0.3, 0.4) is 0 Å². The molecule has 134 valence electrons. The van der Waals surface area contributed by atoms with Crippen molar-refractivity contribution in [2.45, 2.75) is 12.8 Å². The first-order chi connectivity index (χ1) is 12.3. The molecular formula is C19H12Br4O3. The zero-order valence-electron chi connectivity index (χ0n) is 13.2. The molecule has 0 spiro atoms. The Morgan fingerprint density at radius 3 is 1.50 bits per heavy atom. The van der Waals surface area contributed by atoms with Gasteiger partial charge in [0.25, 0.3) is 0 Å². The Bertz CT molecular complexity index is 900. The molecule has 0 aliphatic heterocycles. The number of carbonyl (C=O) groups excluding carboxylic acids is 1. The van der Waals surface area contributed by atoms with Gasteiger partial charge in [-0.05, 0) is 81.1 Å². The van der Waals surface area contributed by atoms with E-state index in [1.807, 2.05) is 0 Å². The van der Waals surface area contributed by atoms with Gasteiger partial charge >= 0.3 is 0 Å². The van der Waals surface area contributed by atoms with Crippen molar-refractivity contribution in [3.63, 3.8) is 0 Å². The second-order valence-corrected chi connectivity index (χ2v) is 9.36. The van der Waals surface area contributed by atoms with Gasteiger partial charge in [-0.15, -0.1) is 0 Å². The van der Waals surface area contributed by atoms with Gasteiger partial charge in [0, 0.05) is 31.2 Å². The fourth-order valence-corrected chi connectivity index (χ4v) is 5.26. The topological polar surface area (TPSA) is 57.5 Å². The minimum Gasteiger partial charge on any atom is -0.506 e. The molecule has 0 radical (unpaired) electrons. The van der Waals surface area contributed by atoms with Gasteiger partial charge < -0.3 is 10.2 Å². The summed E-state index contributed by atoms with van der Waals surface area (Å²) >= 11 is 13.4. The van der Waals surface area contributed by atoms with Gasteiger partial charge in [0.2, 0.25) is 0 Å². The van der Waals surface area contributed by atoms with Crippen LogP contribution in [-0.4, -0.2) is 16.0 Å². The Balaban J connectivity index is 1.96. The summed E-state index contributed by atoms with van der Waals surface area (Å²) in [5, 5.41) is 20.4. The number of phenols is 2. The Morgan fingerprint density at radius 2 is 1.12 bits per heavy atom. The van der Waals surface area contributed by atoms with E-state index in [-0.39, 0.29) is 17.3 Å². The molecule has 0 bridgehead atoms. The highest BCUT2D eigenvalue weighted by Crippen LogP contribution is 2.38. The number of carbonyl (C=O) groups is 1. The molecule has 0 aromatic heterocycles. The van der Waals surface area contributed by atoms with Crippen molar-refractivity contribution in [1.82, 2.24) is 0 Å². The van der Waals surface area contributed by atoms with Gasteiger partial charge in [0.1, 0.15) is 11.5 Å². The molecule has 0 heterocycles. The molecule has 7 heteroatoms. The molecule has 1 aliphatic carbocycles. The van der Waals surface area contributed by atoms with Crippen LogP contribution in [0.25, 0.3) is 12.2 Å². The SMILES string of the molecule is O=C1C(=Cc2cc(Br)cc(Br)c2O)CCC1=Cc1cc(Br)cc(Br)c1O. The fraction of sp³-hybridized carbons (Fsp3) is 0.105. The highest BCUT2D eigenvalue weighted by molar-refractivity contribution is 9.11. The van der Waals surface area contributed by atoms with Gasteiger partial charge in [0.05, 0.1) is 8.95 Å². The van der Waals surface area contributed by atoms with E-state index >= 15 is 0 Å². The lowest BCUT2D eigenvalue weighted by Gasteiger charge is -2.05. The van der Waals surface area contributed by atoms with E-state index in [0.717, 1.165) is 8.95 Å². The molecule has 0 amide bonds. The van der Waals surface area contributed by atoms with Crippen LogP contribution in [0, 0.1) is 0 Å². The number of phenolic OH excluding ortho intramolecular Hbond substituents is 2. The molecule has 3 nitrogen and oxygen atoms in total. The monoisotopic (exact) mass is 604 g/mol. The second-order valence-electron chi connectivity index (χ2n) is 5.82. The third-order valence-corrected chi connectivity index (χ3v) is 6.15. The molecule has 3 rings (SSSR count). The molecule has 26 heavy (non-hydrogen) atoms. The lowest BCUT2D eigenvalue weighted by atomic mass is 10.1. The number of Topliss-reactive ketones (excluding diaryl/α,β-unsaturated/α-hetero) is 1. The maximum absolute atomic E-state index is 12.7. The summed E-state index contributed by atoms with van der Waals surface area (Å²) in [5.41, 5.74) is 2.41. The first-order valence-corrected chi connectivity index (χ1v) is 10.8. The normalized spacial score (nSPS) is 17.5. The Kier molecular flexibility index (Phi) is 6.11. The largest absolute Gasteiger partial charge is 0.506 e. The maximum Gasteiger partial charge on any atom is 0.185 e. The zero-order valence-corrected chi connectivity index (χ0v) is 19.5. The molecule has 1 fully saturated rings. The predicted octanol–water partition coefficient (Wildman–Crippen LogP) is 6.98. The summed E-state index contributed by atoms with van der Waals surface area (Å²) in [7, 11) is 0. The lowest BCUT2D eigenvalue weighted by Crippen LogP contribution is -1.96. The minimum atomic E-state index is -0.0732. The molecule has 0 saturated heterocycles. The highest BCUT2D eigenvalue weighted by atomic mass is 79.9. The summed E-state index contributed by atoms with van der Waals surface area (Å²) in [6.45, 7) is 0. The number of hydrogen-bond donors (Lipinski definition) is 2. The van der Waals surface area contributed by atoms with E-state index in [9.17, 15) is 15.0 Å². The average molecular weight is 608 g/mol. The summed E-state index contributed by atoms with van der Waals surface area (Å²) in [6.07, 6.45) is 4.60. The van der Waals surface area contributed by atoms with Crippen molar-refractivity contribution in [1.29, 1.82) is 0 Å². The summed E-state index contributed by atoms with van der Waals surface area (Å²) < 4.78 is 2.73. The summed E-state index contributed by atoms with van der Waals surface area (Å²) in [4.78, 5) is 12.7. The van der Waals surface area contributed by atoms with E-state index in [1.54, 1.807) is 36.4 Å². The van der Waals surface area contributed by atoms with Gasteiger partial charge in [-0.25, -0.2) is 0 Å². The van der Waals surface area contributed by atoms with Gasteiger partial charge in [-0.1, -0.05) is 31.9 Å². The Labute approximate surface area is 184 Å². The van der Waals surface area contributed by atoms with Crippen LogP contribution in [0.1, 0.15) is 24.0 Å². The molecule has 2 aromatic rings. The number of benzene rings is 2. The van der Waals surface area contributed by atoms with E-state index < -0.39 is 0 Å². The van der Waals surface area contributed by atoms with E-state index in [4.69, 9.17) is 0 Å². The number of allylic oxidation sites excluding steroid dienone is 2. The van der Waals surface area contributed by atoms with Crippen molar-refractivity contribution in [3.8, 4) is 11.5 Å². The molecule has 2 N–H and O–H groups in total. The maximum atomic E-state index is 12.7. The smallest absolute Gasteiger partial charge is 0.185 e. The molecule has 1 saturated carbocycles. The van der Waals surface area contributed by atoms with E-state index in [2.05, 4.69) is 63.7 Å². The Hall–Kier alpha value is -0.890. The van der Waals surface area contributed by atoms with E-state index in [0.29, 0.717) is 44.1 Å². The number of halogens is 4. The molecule has 0 atom stereocenters. The zero-order chi connectivity index (χ0) is 19.0. The van der Waals surface area contributed by atoms with Crippen LogP contribution in [0.2, 0.25) is 0 Å². The standard InChI is InChI=1S/C19H12Br4O3/c20-13-5-11(18(25)15(22)7-13)3-9-1-2-10(17(9)24)4-12-6-14(21)8-16(23)19(12)26/h3-8,25-26H,1-2H2. The van der Waals surface area contributed by atoms with Crippen molar-refractivity contribution < 1.29 is 15.0 Å². The van der Waals surface area contributed by atoms with Gasteiger partial charge in [-0.3, -0.25) is 4.79 Å². The van der Waals surface area contributed by atoms with Crippen molar-refractivity contribution in [2.24, 2.45) is 0 Å². The van der Waals surface area contributed by atoms with Crippen LogP contribution in [-0.2, 0) is 4.79 Å². The lowest BCUT2D eigenvalue weighted by molar-refractivity contribution is -0.111. The van der Waals surface area contributed by atoms with Crippen LogP contribution in [0.5, 0.6) is 11.5 Å². The van der Waals surface area contributed by atoms with Gasteiger partial charge in [0.15, 0.2) is 5.78 Å². The summed E-state index contributed by atoms with van der Waals surface area (Å²) in [5.74, 6) is 0.120. The van der Waals surface area contributed by atoms with Crippen LogP contribution < -0.4 is 0 Å². The van der Waals surface area contributed by atoms with Crippen LogP contribution in [0.4, 0.5) is 0 Å². The predicted molar refractivity (Wildman–Crippen MR) is 117 cm³/mol. The molecule has 1 aliphatic rings. The molecular weight excluding hydrogens is 596 g/mol. The van der Waals surface area contributed by atoms with Crippen LogP contribution in [0.15, 0.2) is 53.3 Å². The first kappa shape index (κ1) is 19.9. The molecule has 0 unspecified atom stereocenters. The summed E-state index contributed by atoms with van der Waals surface area (Å²) in [6, 6.07) is 7.01.